The highest BCUT2D eigenvalue weighted by Crippen LogP contribution is 2.16. The summed E-state index contributed by atoms with van der Waals surface area (Å²) in [7, 11) is 0. The van der Waals surface area contributed by atoms with Gasteiger partial charge in [-0.15, -0.1) is 0 Å². The van der Waals surface area contributed by atoms with Gasteiger partial charge in [-0.2, -0.15) is 0 Å². The predicted molar refractivity (Wildman–Crippen MR) is 83.3 cm³/mol. The summed E-state index contributed by atoms with van der Waals surface area (Å²) in [6.07, 6.45) is 5.50. The van der Waals surface area contributed by atoms with E-state index < -0.39 is 0 Å². The van der Waals surface area contributed by atoms with E-state index in [9.17, 15) is 0 Å². The summed E-state index contributed by atoms with van der Waals surface area (Å²) in [4.78, 5) is 17.6. The molecule has 1 aliphatic rings. The predicted octanol–water partition coefficient (Wildman–Crippen LogP) is 2.09. The van der Waals surface area contributed by atoms with Crippen molar-refractivity contribution in [1.29, 1.82) is 0 Å². The number of pyridine rings is 1. The van der Waals surface area contributed by atoms with Crippen molar-refractivity contribution in [3.05, 3.63) is 42.4 Å². The van der Waals surface area contributed by atoms with Crippen molar-refractivity contribution in [3.63, 3.8) is 0 Å². The first kappa shape index (κ1) is 13.3. The fourth-order valence-electron chi connectivity index (χ4n) is 2.27. The molecule has 2 aromatic rings. The highest BCUT2D eigenvalue weighted by Gasteiger charge is 2.19. The van der Waals surface area contributed by atoms with E-state index in [1.54, 1.807) is 12.4 Å². The number of anilines is 2. The van der Waals surface area contributed by atoms with Gasteiger partial charge in [0.1, 0.15) is 5.82 Å². The fourth-order valence-corrected chi connectivity index (χ4v) is 2.60. The van der Waals surface area contributed by atoms with Crippen molar-refractivity contribution in [2.24, 2.45) is 0 Å². The lowest BCUT2D eigenvalue weighted by molar-refractivity contribution is 0.634. The van der Waals surface area contributed by atoms with Crippen LogP contribution in [0.4, 0.5) is 11.8 Å². The van der Waals surface area contributed by atoms with Gasteiger partial charge in [-0.3, -0.25) is 0 Å². The van der Waals surface area contributed by atoms with E-state index in [1.807, 2.05) is 12.3 Å². The lowest BCUT2D eigenvalue weighted by atomic mass is 10.3. The molecule has 0 spiro atoms. The summed E-state index contributed by atoms with van der Waals surface area (Å²) in [6, 6.07) is 6.05. The molecule has 0 atom stereocenters. The maximum atomic E-state index is 4.52. The SMILES string of the molecule is BrCc1ccc(N2CCN(c3ncccn3)CC2)nc1. The molecule has 0 aromatic carbocycles. The monoisotopic (exact) mass is 333 g/mol. The molecule has 0 saturated carbocycles. The first-order valence-electron chi connectivity index (χ1n) is 6.64. The second-order valence-electron chi connectivity index (χ2n) is 4.68. The van der Waals surface area contributed by atoms with Crippen molar-refractivity contribution >= 4 is 27.7 Å². The summed E-state index contributed by atoms with van der Waals surface area (Å²) in [5.74, 6) is 1.86. The lowest BCUT2D eigenvalue weighted by Gasteiger charge is -2.35. The summed E-state index contributed by atoms with van der Waals surface area (Å²) in [5, 5.41) is 0.847. The van der Waals surface area contributed by atoms with E-state index in [1.165, 1.54) is 5.56 Å². The van der Waals surface area contributed by atoms with Crippen LogP contribution < -0.4 is 9.80 Å². The molecule has 0 amide bonds. The molecule has 20 heavy (non-hydrogen) atoms. The van der Waals surface area contributed by atoms with Crippen molar-refractivity contribution < 1.29 is 0 Å². The molecule has 3 heterocycles. The lowest BCUT2D eigenvalue weighted by Crippen LogP contribution is -2.47. The molecule has 0 unspecified atom stereocenters. The van der Waals surface area contributed by atoms with Gasteiger partial charge in [0.2, 0.25) is 5.95 Å². The first-order valence-corrected chi connectivity index (χ1v) is 7.77. The Kier molecular flexibility index (Phi) is 4.11. The van der Waals surface area contributed by atoms with Gasteiger partial charge in [0, 0.05) is 50.1 Å². The minimum atomic E-state index is 0.815. The number of aromatic nitrogens is 3. The van der Waals surface area contributed by atoms with Gasteiger partial charge in [-0.1, -0.05) is 22.0 Å². The van der Waals surface area contributed by atoms with Crippen molar-refractivity contribution in [3.8, 4) is 0 Å². The average Bonchev–Trinajstić information content (AvgIpc) is 2.56. The van der Waals surface area contributed by atoms with Gasteiger partial charge in [0.25, 0.3) is 0 Å². The minimum Gasteiger partial charge on any atom is -0.353 e. The third-order valence-electron chi connectivity index (χ3n) is 3.40. The number of alkyl halides is 1. The van der Waals surface area contributed by atoms with E-state index in [0.717, 1.165) is 43.3 Å². The minimum absolute atomic E-state index is 0.815. The van der Waals surface area contributed by atoms with Crippen LogP contribution in [0.25, 0.3) is 0 Å². The Morgan fingerprint density at radius 3 is 2.25 bits per heavy atom. The zero-order chi connectivity index (χ0) is 13.8. The molecule has 0 aliphatic carbocycles. The first-order chi connectivity index (χ1) is 9.86. The molecule has 5 nitrogen and oxygen atoms in total. The molecule has 0 bridgehead atoms. The van der Waals surface area contributed by atoms with Crippen LogP contribution in [-0.4, -0.2) is 41.1 Å². The van der Waals surface area contributed by atoms with Gasteiger partial charge >= 0.3 is 0 Å². The van der Waals surface area contributed by atoms with E-state index in [-0.39, 0.29) is 0 Å². The largest absolute Gasteiger partial charge is 0.353 e. The van der Waals surface area contributed by atoms with E-state index >= 15 is 0 Å². The van der Waals surface area contributed by atoms with E-state index in [4.69, 9.17) is 0 Å². The van der Waals surface area contributed by atoms with Crippen LogP contribution in [0.1, 0.15) is 5.56 Å². The average molecular weight is 334 g/mol. The molecular formula is C14H16BrN5. The van der Waals surface area contributed by atoms with Crippen molar-refractivity contribution in [1.82, 2.24) is 15.0 Å². The van der Waals surface area contributed by atoms with Crippen LogP contribution in [0.2, 0.25) is 0 Å². The standard InChI is InChI=1S/C14H16BrN5/c15-10-12-2-3-13(18-11-12)19-6-8-20(9-7-19)14-16-4-1-5-17-14/h1-5,11H,6-10H2. The normalized spacial score (nSPS) is 15.4. The Morgan fingerprint density at radius 2 is 1.65 bits per heavy atom. The number of halogens is 1. The van der Waals surface area contributed by atoms with Gasteiger partial charge in [-0.25, -0.2) is 15.0 Å². The molecule has 0 radical (unpaired) electrons. The van der Waals surface area contributed by atoms with Crippen LogP contribution >= 0.6 is 15.9 Å². The van der Waals surface area contributed by atoms with Crippen LogP contribution in [0, 0.1) is 0 Å². The molecule has 3 rings (SSSR count). The third kappa shape index (κ3) is 2.90. The smallest absolute Gasteiger partial charge is 0.225 e. The number of nitrogens with zero attached hydrogens (tertiary/aromatic N) is 5. The topological polar surface area (TPSA) is 45.2 Å². The van der Waals surface area contributed by atoms with Gasteiger partial charge < -0.3 is 9.80 Å². The number of hydrogen-bond acceptors (Lipinski definition) is 5. The highest BCUT2D eigenvalue weighted by molar-refractivity contribution is 9.08. The molecular weight excluding hydrogens is 318 g/mol. The van der Waals surface area contributed by atoms with Crippen LogP contribution in [-0.2, 0) is 5.33 Å². The quantitative estimate of drug-likeness (QED) is 0.805. The summed E-state index contributed by atoms with van der Waals surface area (Å²) in [5.41, 5.74) is 1.20. The van der Waals surface area contributed by atoms with Crippen molar-refractivity contribution in [2.75, 3.05) is 36.0 Å². The molecule has 6 heteroatoms. The molecule has 1 saturated heterocycles. The Hall–Kier alpha value is -1.69. The highest BCUT2D eigenvalue weighted by atomic mass is 79.9. The second-order valence-corrected chi connectivity index (χ2v) is 5.24. The Labute approximate surface area is 126 Å². The van der Waals surface area contributed by atoms with Gasteiger partial charge in [-0.05, 0) is 17.7 Å². The van der Waals surface area contributed by atoms with Crippen LogP contribution in [0.15, 0.2) is 36.8 Å². The van der Waals surface area contributed by atoms with Crippen LogP contribution in [0.5, 0.6) is 0 Å². The van der Waals surface area contributed by atoms with Gasteiger partial charge in [0.05, 0.1) is 0 Å². The Balaban J connectivity index is 1.63. The van der Waals surface area contributed by atoms with Crippen LogP contribution in [0.3, 0.4) is 0 Å². The molecule has 2 aromatic heterocycles. The third-order valence-corrected chi connectivity index (χ3v) is 4.05. The number of rotatable bonds is 3. The Morgan fingerprint density at radius 1 is 0.950 bits per heavy atom. The zero-order valence-electron chi connectivity index (χ0n) is 11.1. The molecule has 1 fully saturated rings. The van der Waals surface area contributed by atoms with E-state index in [2.05, 4.69) is 52.8 Å². The summed E-state index contributed by atoms with van der Waals surface area (Å²) in [6.45, 7) is 3.73. The number of hydrogen-bond donors (Lipinski definition) is 0. The van der Waals surface area contributed by atoms with Crippen molar-refractivity contribution in [2.45, 2.75) is 5.33 Å². The van der Waals surface area contributed by atoms with E-state index in [0.29, 0.717) is 0 Å². The zero-order valence-corrected chi connectivity index (χ0v) is 12.7. The molecule has 0 N–H and O–H groups in total. The summed E-state index contributed by atoms with van der Waals surface area (Å²) >= 11 is 3.44. The molecule has 1 aliphatic heterocycles. The maximum Gasteiger partial charge on any atom is 0.225 e. The maximum absolute atomic E-state index is 4.52. The Bertz CT molecular complexity index is 537. The summed E-state index contributed by atoms with van der Waals surface area (Å²) < 4.78 is 0. The molecule has 104 valence electrons. The second kappa shape index (κ2) is 6.17. The number of piperazine rings is 1. The fraction of sp³-hybridized carbons (Fsp3) is 0.357. The van der Waals surface area contributed by atoms with Gasteiger partial charge in [0.15, 0.2) is 0 Å².